The van der Waals surface area contributed by atoms with Crippen LogP contribution in [0.4, 0.5) is 5.95 Å². The molecule has 0 bridgehead atoms. The van der Waals surface area contributed by atoms with Gasteiger partial charge in [0.05, 0.1) is 17.8 Å². The normalized spacial score (nSPS) is 14.8. The van der Waals surface area contributed by atoms with Crippen LogP contribution in [0.5, 0.6) is 0 Å². The number of aromatic nitrogens is 2. The van der Waals surface area contributed by atoms with Crippen molar-refractivity contribution in [2.24, 2.45) is 0 Å². The number of nitrogens with zero attached hydrogens (tertiary/aromatic N) is 3. The first kappa shape index (κ1) is 18.7. The summed E-state index contributed by atoms with van der Waals surface area (Å²) < 4.78 is 0. The van der Waals surface area contributed by atoms with Gasteiger partial charge in [0.25, 0.3) is 5.91 Å². The molecule has 1 amide bonds. The molecule has 1 saturated heterocycles. The lowest BCUT2D eigenvalue weighted by Gasteiger charge is -2.25. The van der Waals surface area contributed by atoms with Crippen molar-refractivity contribution in [1.29, 1.82) is 0 Å². The average Bonchev–Trinajstić information content (AvgIpc) is 2.73. The van der Waals surface area contributed by atoms with E-state index in [0.717, 1.165) is 42.6 Å². The smallest absolute Gasteiger partial charge is 0.252 e. The van der Waals surface area contributed by atoms with Crippen LogP contribution < -0.4 is 10.9 Å². The van der Waals surface area contributed by atoms with Gasteiger partial charge in [-0.25, -0.2) is 9.97 Å². The molecule has 0 radical (unpaired) electrons. The molecule has 0 atom stereocenters. The molecule has 2 N–H and O–H groups in total. The predicted molar refractivity (Wildman–Crippen MR) is 112 cm³/mol. The minimum Gasteiger partial charge on any atom is -0.294 e. The molecule has 28 heavy (non-hydrogen) atoms. The summed E-state index contributed by atoms with van der Waals surface area (Å²) in [6.07, 6.45) is 3.54. The van der Waals surface area contributed by atoms with Crippen LogP contribution in [-0.2, 0) is 4.79 Å². The Morgan fingerprint density at radius 2 is 1.82 bits per heavy atom. The molecule has 7 heteroatoms. The number of amides is 1. The SMILES string of the molecule is O=C(CN1CCCCC1)NNc1nc(-c2ccccc2)c2ccc(Cl)cc2n1. The second kappa shape index (κ2) is 8.54. The summed E-state index contributed by atoms with van der Waals surface area (Å²) in [6.45, 7) is 2.31. The summed E-state index contributed by atoms with van der Waals surface area (Å²) in [5.41, 5.74) is 8.06. The molecule has 0 spiro atoms. The number of carbonyl (C=O) groups excluding carboxylic acids is 1. The highest BCUT2D eigenvalue weighted by molar-refractivity contribution is 6.31. The molecule has 3 aromatic rings. The van der Waals surface area contributed by atoms with Gasteiger partial charge in [-0.05, 0) is 44.1 Å². The largest absolute Gasteiger partial charge is 0.294 e. The average molecular weight is 396 g/mol. The number of hydrogen-bond acceptors (Lipinski definition) is 5. The van der Waals surface area contributed by atoms with Crippen molar-refractivity contribution < 1.29 is 4.79 Å². The van der Waals surface area contributed by atoms with Gasteiger partial charge < -0.3 is 0 Å². The Labute approximate surface area is 168 Å². The van der Waals surface area contributed by atoms with E-state index in [1.807, 2.05) is 42.5 Å². The van der Waals surface area contributed by atoms with E-state index >= 15 is 0 Å². The molecule has 4 rings (SSSR count). The number of halogens is 1. The number of hydrogen-bond donors (Lipinski definition) is 2. The number of rotatable bonds is 5. The zero-order valence-electron chi connectivity index (χ0n) is 15.5. The minimum atomic E-state index is -0.0991. The molecular weight excluding hydrogens is 374 g/mol. The van der Waals surface area contributed by atoms with E-state index in [1.165, 1.54) is 6.42 Å². The summed E-state index contributed by atoms with van der Waals surface area (Å²) in [5, 5.41) is 1.51. The third kappa shape index (κ3) is 4.40. The number of anilines is 1. The molecule has 1 aliphatic heterocycles. The van der Waals surface area contributed by atoms with Gasteiger partial charge in [-0.2, -0.15) is 0 Å². The van der Waals surface area contributed by atoms with Crippen LogP contribution in [0.1, 0.15) is 19.3 Å². The van der Waals surface area contributed by atoms with Crippen LogP contribution in [0.25, 0.3) is 22.2 Å². The number of carbonyl (C=O) groups is 1. The van der Waals surface area contributed by atoms with Gasteiger partial charge in [-0.15, -0.1) is 0 Å². The van der Waals surface area contributed by atoms with Crippen molar-refractivity contribution in [2.45, 2.75) is 19.3 Å². The van der Waals surface area contributed by atoms with Gasteiger partial charge in [-0.3, -0.25) is 20.5 Å². The molecule has 0 unspecified atom stereocenters. The van der Waals surface area contributed by atoms with Crippen LogP contribution in [0.2, 0.25) is 5.02 Å². The summed E-state index contributed by atoms with van der Waals surface area (Å²) in [7, 11) is 0. The molecular formula is C21H22ClN5O. The van der Waals surface area contributed by atoms with Gasteiger partial charge in [0.2, 0.25) is 5.95 Å². The van der Waals surface area contributed by atoms with Crippen LogP contribution in [0, 0.1) is 0 Å². The van der Waals surface area contributed by atoms with E-state index in [1.54, 1.807) is 6.07 Å². The number of piperidine rings is 1. The number of hydrazine groups is 1. The zero-order valence-corrected chi connectivity index (χ0v) is 16.2. The highest BCUT2D eigenvalue weighted by atomic mass is 35.5. The molecule has 2 aromatic carbocycles. The second-order valence-electron chi connectivity index (χ2n) is 6.93. The maximum atomic E-state index is 12.3. The summed E-state index contributed by atoms with van der Waals surface area (Å²) in [5.74, 6) is 0.235. The van der Waals surface area contributed by atoms with E-state index in [-0.39, 0.29) is 5.91 Å². The monoisotopic (exact) mass is 395 g/mol. The summed E-state index contributed by atoms with van der Waals surface area (Å²) >= 11 is 6.15. The molecule has 0 aliphatic carbocycles. The van der Waals surface area contributed by atoms with E-state index in [2.05, 4.69) is 25.7 Å². The van der Waals surface area contributed by atoms with E-state index in [9.17, 15) is 4.79 Å². The zero-order chi connectivity index (χ0) is 19.3. The number of benzene rings is 2. The standard InChI is InChI=1S/C21H22ClN5O/c22-16-9-10-17-18(13-16)23-21(24-20(17)15-7-3-1-4-8-15)26-25-19(28)14-27-11-5-2-6-12-27/h1,3-4,7-10,13H,2,5-6,11-12,14H2,(H,25,28)(H,23,24,26). The first-order valence-corrected chi connectivity index (χ1v) is 9.87. The fourth-order valence-electron chi connectivity index (χ4n) is 3.46. The lowest BCUT2D eigenvalue weighted by atomic mass is 10.1. The number of fused-ring (bicyclic) bond motifs is 1. The molecule has 2 heterocycles. The highest BCUT2D eigenvalue weighted by Crippen LogP contribution is 2.28. The van der Waals surface area contributed by atoms with Crippen LogP contribution in [0.3, 0.4) is 0 Å². The lowest BCUT2D eigenvalue weighted by molar-refractivity contribution is -0.122. The third-order valence-corrected chi connectivity index (χ3v) is 5.07. The molecule has 0 saturated carbocycles. The fraction of sp³-hybridized carbons (Fsp3) is 0.286. The second-order valence-corrected chi connectivity index (χ2v) is 7.37. The van der Waals surface area contributed by atoms with Crippen molar-refractivity contribution in [3.8, 4) is 11.3 Å². The minimum absolute atomic E-state index is 0.0991. The maximum absolute atomic E-state index is 12.3. The van der Waals surface area contributed by atoms with Crippen LogP contribution in [0.15, 0.2) is 48.5 Å². The highest BCUT2D eigenvalue weighted by Gasteiger charge is 2.15. The summed E-state index contributed by atoms with van der Waals surface area (Å²) in [6, 6.07) is 15.4. The van der Waals surface area contributed by atoms with Crippen LogP contribution in [-0.4, -0.2) is 40.4 Å². The van der Waals surface area contributed by atoms with E-state index in [0.29, 0.717) is 23.0 Å². The Kier molecular flexibility index (Phi) is 5.69. The fourth-order valence-corrected chi connectivity index (χ4v) is 3.63. The van der Waals surface area contributed by atoms with Gasteiger partial charge >= 0.3 is 0 Å². The quantitative estimate of drug-likeness (QED) is 0.641. The third-order valence-electron chi connectivity index (χ3n) is 4.84. The Bertz CT molecular complexity index is 973. The number of nitrogens with one attached hydrogen (secondary N) is 2. The molecule has 6 nitrogen and oxygen atoms in total. The van der Waals surface area contributed by atoms with Crippen molar-refractivity contribution in [2.75, 3.05) is 25.1 Å². The maximum Gasteiger partial charge on any atom is 0.252 e. The van der Waals surface area contributed by atoms with Gasteiger partial charge in [0.15, 0.2) is 0 Å². The predicted octanol–water partition coefficient (Wildman–Crippen LogP) is 3.88. The van der Waals surface area contributed by atoms with E-state index in [4.69, 9.17) is 11.6 Å². The van der Waals surface area contributed by atoms with E-state index < -0.39 is 0 Å². The Morgan fingerprint density at radius 3 is 2.61 bits per heavy atom. The lowest BCUT2D eigenvalue weighted by Crippen LogP contribution is -2.42. The van der Waals surface area contributed by atoms with Gasteiger partial charge in [0, 0.05) is 16.0 Å². The van der Waals surface area contributed by atoms with Crippen molar-refractivity contribution >= 4 is 34.4 Å². The molecule has 1 aromatic heterocycles. The van der Waals surface area contributed by atoms with Crippen molar-refractivity contribution in [3.63, 3.8) is 0 Å². The molecule has 1 fully saturated rings. The van der Waals surface area contributed by atoms with Crippen LogP contribution >= 0.6 is 11.6 Å². The first-order chi connectivity index (χ1) is 13.7. The Morgan fingerprint density at radius 1 is 1.04 bits per heavy atom. The topological polar surface area (TPSA) is 70.2 Å². The Hall–Kier alpha value is -2.70. The van der Waals surface area contributed by atoms with Crippen molar-refractivity contribution in [1.82, 2.24) is 20.3 Å². The summed E-state index contributed by atoms with van der Waals surface area (Å²) in [4.78, 5) is 23.6. The molecule has 144 valence electrons. The van der Waals surface area contributed by atoms with Crippen molar-refractivity contribution in [3.05, 3.63) is 53.6 Å². The Balaban J connectivity index is 1.56. The molecule has 1 aliphatic rings. The first-order valence-electron chi connectivity index (χ1n) is 9.49. The number of likely N-dealkylation sites (tertiary alicyclic amines) is 1. The van der Waals surface area contributed by atoms with Gasteiger partial charge in [-0.1, -0.05) is 48.4 Å². The van der Waals surface area contributed by atoms with Gasteiger partial charge in [0.1, 0.15) is 0 Å².